The number of aryl methyl sites for hydroxylation is 1. The summed E-state index contributed by atoms with van der Waals surface area (Å²) in [4.78, 5) is 32.5. The molecule has 7 heteroatoms. The van der Waals surface area contributed by atoms with E-state index >= 15 is 0 Å². The van der Waals surface area contributed by atoms with Crippen LogP contribution in [0.4, 0.5) is 0 Å². The van der Waals surface area contributed by atoms with Crippen LogP contribution in [-0.2, 0) is 4.74 Å². The van der Waals surface area contributed by atoms with Crippen molar-refractivity contribution in [1.82, 2.24) is 14.8 Å². The summed E-state index contributed by atoms with van der Waals surface area (Å²) in [7, 11) is 1.34. The number of ether oxygens (including phenoxy) is 1. The summed E-state index contributed by atoms with van der Waals surface area (Å²) in [5.41, 5.74) is 3.15. The molecule has 158 valence electrons. The second kappa shape index (κ2) is 9.24. The van der Waals surface area contributed by atoms with Gasteiger partial charge in [-0.05, 0) is 31.9 Å². The molecule has 1 aliphatic rings. The van der Waals surface area contributed by atoms with Crippen molar-refractivity contribution < 1.29 is 14.3 Å². The molecule has 0 radical (unpaired) electrons. The van der Waals surface area contributed by atoms with Crippen LogP contribution in [0.25, 0.3) is 0 Å². The molecule has 2 unspecified atom stereocenters. The Kier molecular flexibility index (Phi) is 6.70. The van der Waals surface area contributed by atoms with Crippen molar-refractivity contribution in [3.8, 4) is 6.07 Å². The Morgan fingerprint density at radius 1 is 1.10 bits per heavy atom. The molecule has 1 fully saturated rings. The molecular weight excluding hydrogens is 380 g/mol. The van der Waals surface area contributed by atoms with Crippen molar-refractivity contribution in [2.24, 2.45) is 0 Å². The lowest BCUT2D eigenvalue weighted by Gasteiger charge is -2.39. The number of ketones is 1. The second-order valence-electron chi connectivity index (χ2n) is 7.67. The summed E-state index contributed by atoms with van der Waals surface area (Å²) in [5.74, 6) is -0.482. The van der Waals surface area contributed by atoms with Gasteiger partial charge in [-0.2, -0.15) is 5.26 Å². The van der Waals surface area contributed by atoms with Crippen molar-refractivity contribution in [3.63, 3.8) is 0 Å². The van der Waals surface area contributed by atoms with Crippen LogP contribution in [-0.4, -0.2) is 65.9 Å². The fourth-order valence-electron chi connectivity index (χ4n) is 4.16. The Hall–Kier alpha value is -2.95. The maximum atomic E-state index is 13.1. The van der Waals surface area contributed by atoms with Crippen LogP contribution < -0.4 is 0 Å². The summed E-state index contributed by atoms with van der Waals surface area (Å²) in [5, 5.41) is 9.67. The first kappa shape index (κ1) is 21.8. The number of nitriles is 1. The predicted octanol–water partition coefficient (Wildman–Crippen LogP) is 2.87. The van der Waals surface area contributed by atoms with Crippen LogP contribution in [0.1, 0.15) is 50.6 Å². The molecule has 0 aliphatic carbocycles. The zero-order valence-corrected chi connectivity index (χ0v) is 17.9. The number of esters is 1. The van der Waals surface area contributed by atoms with Gasteiger partial charge in [0.15, 0.2) is 5.78 Å². The summed E-state index contributed by atoms with van der Waals surface area (Å²) in [6, 6.07) is 11.6. The number of Topliss-reactive ketones (excluding diaryl/α,β-unsaturated/α-hetero) is 1. The van der Waals surface area contributed by atoms with Gasteiger partial charge in [0.1, 0.15) is 6.04 Å². The number of methoxy groups -OCH3 is 1. The van der Waals surface area contributed by atoms with E-state index in [9.17, 15) is 14.9 Å². The maximum absolute atomic E-state index is 13.1. The number of rotatable bonds is 6. The topological polar surface area (TPSA) is 89.4 Å². The van der Waals surface area contributed by atoms with Crippen molar-refractivity contribution in [2.45, 2.75) is 32.9 Å². The van der Waals surface area contributed by atoms with E-state index < -0.39 is 5.97 Å². The number of hydrogen-bond acceptors (Lipinski definition) is 6. The van der Waals surface area contributed by atoms with Gasteiger partial charge in [0.05, 0.1) is 30.5 Å². The minimum atomic E-state index is -0.440. The Morgan fingerprint density at radius 2 is 1.70 bits per heavy atom. The normalized spacial score (nSPS) is 17.2. The Labute approximate surface area is 177 Å². The van der Waals surface area contributed by atoms with E-state index in [-0.39, 0.29) is 17.9 Å². The molecule has 1 aliphatic heterocycles. The highest BCUT2D eigenvalue weighted by Gasteiger charge is 2.32. The second-order valence-corrected chi connectivity index (χ2v) is 7.67. The molecular formula is C23H28N4O3. The number of benzene rings is 1. The van der Waals surface area contributed by atoms with Crippen LogP contribution in [0.3, 0.4) is 0 Å². The summed E-state index contributed by atoms with van der Waals surface area (Å²) in [6.07, 6.45) is 0. The number of carbonyl (C=O) groups excluding carboxylic acids is 2. The number of H-pyrrole nitrogens is 1. The van der Waals surface area contributed by atoms with Gasteiger partial charge >= 0.3 is 5.97 Å². The SMILES string of the molecule is COC(=O)c1c(C)[nH]c(C(=O)C(C)N2CCN(C(C#N)c3ccccc3)CC2)c1C. The first-order valence-electron chi connectivity index (χ1n) is 10.1. The van der Waals surface area contributed by atoms with Crippen LogP contribution in [0, 0.1) is 25.2 Å². The average Bonchev–Trinajstić information content (AvgIpc) is 3.08. The molecule has 2 atom stereocenters. The van der Waals surface area contributed by atoms with Gasteiger partial charge in [-0.25, -0.2) is 4.79 Å². The quantitative estimate of drug-likeness (QED) is 0.584. The van der Waals surface area contributed by atoms with Gasteiger partial charge in [0.2, 0.25) is 0 Å². The standard InChI is InChI=1S/C23H28N4O3/c1-15-20(23(29)30-4)16(2)25-21(15)22(28)17(3)26-10-12-27(13-11-26)19(14-24)18-8-6-5-7-9-18/h5-9,17,19,25H,10-13H2,1-4H3. The first-order valence-corrected chi connectivity index (χ1v) is 10.1. The minimum Gasteiger partial charge on any atom is -0.465 e. The van der Waals surface area contributed by atoms with E-state index in [0.29, 0.717) is 48.7 Å². The number of piperazine rings is 1. The number of carbonyl (C=O) groups is 2. The van der Waals surface area contributed by atoms with Gasteiger partial charge in [0.25, 0.3) is 0 Å². The van der Waals surface area contributed by atoms with Gasteiger partial charge in [-0.3, -0.25) is 14.6 Å². The largest absolute Gasteiger partial charge is 0.465 e. The van der Waals surface area contributed by atoms with Gasteiger partial charge in [0, 0.05) is 31.9 Å². The molecule has 7 nitrogen and oxygen atoms in total. The number of nitrogens with zero attached hydrogens (tertiary/aromatic N) is 3. The van der Waals surface area contributed by atoms with E-state index in [1.54, 1.807) is 13.8 Å². The number of hydrogen-bond donors (Lipinski definition) is 1. The number of nitrogens with one attached hydrogen (secondary N) is 1. The number of aromatic nitrogens is 1. The lowest BCUT2D eigenvalue weighted by Crippen LogP contribution is -2.52. The third-order valence-electron chi connectivity index (χ3n) is 5.95. The highest BCUT2D eigenvalue weighted by molar-refractivity contribution is 6.03. The molecule has 3 rings (SSSR count). The lowest BCUT2D eigenvalue weighted by molar-refractivity contribution is 0.0599. The van der Waals surface area contributed by atoms with Crippen molar-refractivity contribution >= 4 is 11.8 Å². The maximum Gasteiger partial charge on any atom is 0.339 e. The van der Waals surface area contributed by atoms with Crippen LogP contribution in [0.2, 0.25) is 0 Å². The highest BCUT2D eigenvalue weighted by atomic mass is 16.5. The third kappa shape index (κ3) is 4.16. The molecule has 0 amide bonds. The van der Waals surface area contributed by atoms with E-state index in [2.05, 4.69) is 20.9 Å². The minimum absolute atomic E-state index is 0.0425. The predicted molar refractivity (Wildman–Crippen MR) is 113 cm³/mol. The van der Waals surface area contributed by atoms with E-state index in [1.807, 2.05) is 37.3 Å². The van der Waals surface area contributed by atoms with Gasteiger partial charge in [-0.1, -0.05) is 30.3 Å². The molecule has 1 aromatic heterocycles. The third-order valence-corrected chi connectivity index (χ3v) is 5.95. The van der Waals surface area contributed by atoms with E-state index in [4.69, 9.17) is 4.74 Å². The molecule has 0 bridgehead atoms. The molecule has 1 saturated heterocycles. The molecule has 1 aromatic carbocycles. The first-order chi connectivity index (χ1) is 14.4. The lowest BCUT2D eigenvalue weighted by atomic mass is 10.0. The van der Waals surface area contributed by atoms with Crippen molar-refractivity contribution in [1.29, 1.82) is 5.26 Å². The Balaban J connectivity index is 1.68. The smallest absolute Gasteiger partial charge is 0.339 e. The molecule has 2 aromatic rings. The van der Waals surface area contributed by atoms with Crippen LogP contribution >= 0.6 is 0 Å². The fourth-order valence-corrected chi connectivity index (χ4v) is 4.16. The molecule has 0 spiro atoms. The molecule has 0 saturated carbocycles. The summed E-state index contributed by atoms with van der Waals surface area (Å²) < 4.78 is 4.84. The Bertz CT molecular complexity index is 953. The fraction of sp³-hybridized carbons (Fsp3) is 0.435. The molecule has 2 heterocycles. The van der Waals surface area contributed by atoms with Crippen LogP contribution in [0.15, 0.2) is 30.3 Å². The zero-order chi connectivity index (χ0) is 21.8. The average molecular weight is 409 g/mol. The number of aromatic amines is 1. The van der Waals surface area contributed by atoms with E-state index in [1.165, 1.54) is 7.11 Å². The monoisotopic (exact) mass is 408 g/mol. The van der Waals surface area contributed by atoms with Gasteiger partial charge < -0.3 is 9.72 Å². The molecule has 1 N–H and O–H groups in total. The van der Waals surface area contributed by atoms with Crippen LogP contribution in [0.5, 0.6) is 0 Å². The summed E-state index contributed by atoms with van der Waals surface area (Å²) >= 11 is 0. The Morgan fingerprint density at radius 3 is 2.27 bits per heavy atom. The zero-order valence-electron chi connectivity index (χ0n) is 17.9. The highest BCUT2D eigenvalue weighted by Crippen LogP contribution is 2.24. The summed E-state index contributed by atoms with van der Waals surface area (Å²) in [6.45, 7) is 8.24. The van der Waals surface area contributed by atoms with Crippen molar-refractivity contribution in [2.75, 3.05) is 33.3 Å². The molecule has 30 heavy (non-hydrogen) atoms. The van der Waals surface area contributed by atoms with E-state index in [0.717, 1.165) is 5.56 Å². The van der Waals surface area contributed by atoms with Crippen molar-refractivity contribution in [3.05, 3.63) is 58.4 Å². The van der Waals surface area contributed by atoms with Gasteiger partial charge in [-0.15, -0.1) is 0 Å².